The number of hydrogen-bond donors (Lipinski definition) is 1. The Morgan fingerprint density at radius 2 is 1.78 bits per heavy atom. The predicted octanol–water partition coefficient (Wildman–Crippen LogP) is 5.92. The third kappa shape index (κ3) is 4.07. The Kier molecular flexibility index (Phi) is 6.00. The van der Waals surface area contributed by atoms with Gasteiger partial charge in [-0.2, -0.15) is 0 Å². The van der Waals surface area contributed by atoms with E-state index in [2.05, 4.69) is 17.4 Å². The summed E-state index contributed by atoms with van der Waals surface area (Å²) in [6.07, 6.45) is 4.80. The molecule has 186 valence electrons. The summed E-state index contributed by atoms with van der Waals surface area (Å²) in [5, 5.41) is 3.84. The van der Waals surface area contributed by atoms with Crippen molar-refractivity contribution in [3.8, 4) is 11.5 Å². The minimum atomic E-state index is -0.638. The van der Waals surface area contributed by atoms with Gasteiger partial charge in [0.15, 0.2) is 17.3 Å². The molecule has 2 aromatic carbocycles. The molecule has 2 aliphatic heterocycles. The smallest absolute Gasteiger partial charge is 0.337 e. The minimum Gasteiger partial charge on any atom is -0.459 e. The van der Waals surface area contributed by atoms with Gasteiger partial charge in [-0.25, -0.2) is 4.79 Å². The van der Waals surface area contributed by atoms with Gasteiger partial charge in [-0.15, -0.1) is 0 Å². The van der Waals surface area contributed by atoms with E-state index in [1.54, 1.807) is 12.1 Å². The molecule has 1 N–H and O–H groups in total. The lowest BCUT2D eigenvalue weighted by atomic mass is 9.71. The third-order valence-corrected chi connectivity index (χ3v) is 8.02. The highest BCUT2D eigenvalue weighted by atomic mass is 35.5. The van der Waals surface area contributed by atoms with Crippen LogP contribution in [0.25, 0.3) is 0 Å². The Morgan fingerprint density at radius 3 is 2.53 bits per heavy atom. The first-order chi connectivity index (χ1) is 17.5. The van der Waals surface area contributed by atoms with E-state index in [4.69, 9.17) is 25.8 Å². The van der Waals surface area contributed by atoms with Crippen molar-refractivity contribution >= 4 is 23.4 Å². The van der Waals surface area contributed by atoms with E-state index < -0.39 is 11.9 Å². The van der Waals surface area contributed by atoms with E-state index in [1.807, 2.05) is 25.1 Å². The number of halogens is 1. The molecule has 0 aromatic heterocycles. The molecule has 2 heterocycles. The van der Waals surface area contributed by atoms with Crippen LogP contribution in [0.1, 0.15) is 68.4 Å². The number of Topliss-reactive ketones (excluding diaryl/α,β-unsaturated/α-hetero) is 1. The molecule has 4 aliphatic rings. The Labute approximate surface area is 215 Å². The number of nitrogens with one attached hydrogen (secondary N) is 1. The fourth-order valence-electron chi connectivity index (χ4n) is 5.96. The number of ketones is 1. The molecule has 0 spiro atoms. The monoisotopic (exact) mass is 505 g/mol. The summed E-state index contributed by atoms with van der Waals surface area (Å²) in [5.74, 6) is 0.160. The zero-order valence-electron chi connectivity index (χ0n) is 20.1. The summed E-state index contributed by atoms with van der Waals surface area (Å²) in [6, 6.07) is 13.6. The number of carbonyl (C=O) groups excluding carboxylic acids is 2. The van der Waals surface area contributed by atoms with Crippen molar-refractivity contribution < 1.29 is 23.8 Å². The molecule has 6 rings (SSSR count). The van der Waals surface area contributed by atoms with E-state index in [0.717, 1.165) is 36.9 Å². The van der Waals surface area contributed by atoms with Gasteiger partial charge < -0.3 is 19.5 Å². The highest BCUT2D eigenvalue weighted by Crippen LogP contribution is 2.49. The van der Waals surface area contributed by atoms with Crippen LogP contribution in [0.5, 0.6) is 11.5 Å². The van der Waals surface area contributed by atoms with Crippen molar-refractivity contribution in [3.63, 3.8) is 0 Å². The zero-order valence-corrected chi connectivity index (χ0v) is 20.9. The number of hydrogen-bond acceptors (Lipinski definition) is 6. The zero-order chi connectivity index (χ0) is 24.8. The van der Waals surface area contributed by atoms with Crippen LogP contribution in [0, 0.1) is 0 Å². The van der Waals surface area contributed by atoms with Gasteiger partial charge in [0.2, 0.25) is 6.79 Å². The van der Waals surface area contributed by atoms with Crippen molar-refractivity contribution in [1.29, 1.82) is 0 Å². The minimum absolute atomic E-state index is 0.00926. The molecular formula is C29H28ClNO5. The maximum absolute atomic E-state index is 13.8. The number of dihydropyridines is 1. The molecule has 0 unspecified atom stereocenters. The lowest BCUT2D eigenvalue weighted by Gasteiger charge is -2.37. The molecule has 6 nitrogen and oxygen atoms in total. The molecule has 0 bridgehead atoms. The van der Waals surface area contributed by atoms with Crippen molar-refractivity contribution in [1.82, 2.24) is 5.32 Å². The van der Waals surface area contributed by atoms with Gasteiger partial charge in [0.1, 0.15) is 6.10 Å². The number of rotatable bonds is 4. The molecular weight excluding hydrogens is 478 g/mol. The second kappa shape index (κ2) is 9.32. The Balaban J connectivity index is 1.44. The molecule has 0 amide bonds. The highest BCUT2D eigenvalue weighted by Gasteiger charge is 2.43. The van der Waals surface area contributed by atoms with Crippen LogP contribution in [0.2, 0.25) is 5.02 Å². The summed E-state index contributed by atoms with van der Waals surface area (Å²) in [5.41, 5.74) is 4.34. The van der Waals surface area contributed by atoms with Crippen molar-refractivity contribution in [2.45, 2.75) is 63.4 Å². The van der Waals surface area contributed by atoms with Gasteiger partial charge in [0, 0.05) is 40.4 Å². The first-order valence-electron chi connectivity index (χ1n) is 12.6. The average molecular weight is 506 g/mol. The molecule has 1 saturated carbocycles. The standard InChI is InChI=1S/C29H28ClNO5/c1-16-26(29(33)36-19-9-5-6-10-19)27(20-13-24-25(14-21(20)30)35-15-34-24)28-22(31-16)11-18(12-23(28)32)17-7-3-2-4-8-17/h2-4,7-8,13-14,18-19,27,31H,5-6,9-12,15H2,1H3/t18-,27+/m1/s1. The molecule has 0 radical (unpaired) electrons. The average Bonchev–Trinajstić information content (AvgIpc) is 3.54. The molecule has 0 saturated heterocycles. The van der Waals surface area contributed by atoms with Gasteiger partial charge in [0.05, 0.1) is 5.57 Å². The second-order valence-electron chi connectivity index (χ2n) is 9.97. The van der Waals surface area contributed by atoms with E-state index in [9.17, 15) is 9.59 Å². The van der Waals surface area contributed by atoms with Crippen LogP contribution >= 0.6 is 11.6 Å². The molecule has 7 heteroatoms. The number of ether oxygens (including phenoxy) is 3. The van der Waals surface area contributed by atoms with E-state index in [1.165, 1.54) is 0 Å². The molecule has 1 fully saturated rings. The van der Waals surface area contributed by atoms with Gasteiger partial charge in [-0.05, 0) is 62.1 Å². The number of esters is 1. The highest BCUT2D eigenvalue weighted by molar-refractivity contribution is 6.32. The molecule has 2 atom stereocenters. The fraction of sp³-hybridized carbons (Fsp3) is 0.379. The number of allylic oxidation sites excluding steroid dienone is 3. The fourth-order valence-corrected chi connectivity index (χ4v) is 6.22. The first-order valence-corrected chi connectivity index (χ1v) is 13.0. The summed E-state index contributed by atoms with van der Waals surface area (Å²) in [4.78, 5) is 27.4. The number of benzene rings is 2. The number of fused-ring (bicyclic) bond motifs is 1. The maximum atomic E-state index is 13.8. The molecule has 2 aliphatic carbocycles. The van der Waals surface area contributed by atoms with Crippen LogP contribution in [-0.4, -0.2) is 24.6 Å². The van der Waals surface area contributed by atoms with Crippen LogP contribution < -0.4 is 14.8 Å². The normalized spacial score (nSPS) is 23.6. The van der Waals surface area contributed by atoms with Gasteiger partial charge >= 0.3 is 5.97 Å². The number of carbonyl (C=O) groups is 2. The Morgan fingerprint density at radius 1 is 1.06 bits per heavy atom. The predicted molar refractivity (Wildman–Crippen MR) is 135 cm³/mol. The van der Waals surface area contributed by atoms with Gasteiger partial charge in [-0.1, -0.05) is 41.9 Å². The van der Waals surface area contributed by atoms with E-state index in [0.29, 0.717) is 51.8 Å². The van der Waals surface area contributed by atoms with Crippen molar-refractivity contribution in [3.05, 3.63) is 81.2 Å². The summed E-state index contributed by atoms with van der Waals surface area (Å²) >= 11 is 6.77. The summed E-state index contributed by atoms with van der Waals surface area (Å²) in [7, 11) is 0. The van der Waals surface area contributed by atoms with Gasteiger partial charge in [-0.3, -0.25) is 4.79 Å². The Bertz CT molecular complexity index is 1290. The van der Waals surface area contributed by atoms with E-state index in [-0.39, 0.29) is 24.6 Å². The third-order valence-electron chi connectivity index (χ3n) is 7.70. The van der Waals surface area contributed by atoms with Crippen LogP contribution in [-0.2, 0) is 14.3 Å². The second-order valence-corrected chi connectivity index (χ2v) is 10.4. The lowest BCUT2D eigenvalue weighted by Crippen LogP contribution is -2.36. The summed E-state index contributed by atoms with van der Waals surface area (Å²) in [6.45, 7) is 1.98. The van der Waals surface area contributed by atoms with Gasteiger partial charge in [0.25, 0.3) is 0 Å². The first kappa shape index (κ1) is 23.2. The van der Waals surface area contributed by atoms with Crippen LogP contribution in [0.4, 0.5) is 0 Å². The van der Waals surface area contributed by atoms with Crippen LogP contribution in [0.15, 0.2) is 65.0 Å². The van der Waals surface area contributed by atoms with Crippen LogP contribution in [0.3, 0.4) is 0 Å². The Hall–Kier alpha value is -3.25. The largest absolute Gasteiger partial charge is 0.459 e. The topological polar surface area (TPSA) is 73.9 Å². The maximum Gasteiger partial charge on any atom is 0.337 e. The lowest BCUT2D eigenvalue weighted by molar-refractivity contribution is -0.144. The quantitative estimate of drug-likeness (QED) is 0.520. The SMILES string of the molecule is CC1=C(C(=O)OC2CCCC2)[C@H](c2cc3c(cc2Cl)OCO3)C2=C(C[C@@H](c3ccccc3)CC2=O)N1. The van der Waals surface area contributed by atoms with Crippen molar-refractivity contribution in [2.75, 3.05) is 6.79 Å². The van der Waals surface area contributed by atoms with E-state index >= 15 is 0 Å². The summed E-state index contributed by atoms with van der Waals surface area (Å²) < 4.78 is 17.1. The van der Waals surface area contributed by atoms with Crippen molar-refractivity contribution in [2.24, 2.45) is 0 Å². The molecule has 36 heavy (non-hydrogen) atoms. The molecule has 2 aromatic rings.